The molecule has 2 unspecified atom stereocenters. The average Bonchev–Trinajstić information content (AvgIpc) is 2.62. The topological polar surface area (TPSA) is 74.7 Å². The van der Waals surface area contributed by atoms with Crippen molar-refractivity contribution in [1.82, 2.24) is 15.2 Å². The Morgan fingerprint density at radius 2 is 2.30 bits per heavy atom. The number of hydrogen-bond donors (Lipinski definition) is 2. The number of aromatic nitrogens is 1. The number of halogens is 3. The van der Waals surface area contributed by atoms with Crippen LogP contribution < -0.4 is 10.1 Å². The molecular weight excluding hydrogens is 380 g/mol. The summed E-state index contributed by atoms with van der Waals surface area (Å²) in [5.74, 6) is -0.124. The molecule has 2 heterocycles. The second-order valence-electron chi connectivity index (χ2n) is 6.50. The second-order valence-corrected chi connectivity index (χ2v) is 6.91. The van der Waals surface area contributed by atoms with E-state index in [0.717, 1.165) is 5.56 Å². The molecule has 6 nitrogen and oxygen atoms in total. The lowest BCUT2D eigenvalue weighted by Gasteiger charge is -2.34. The monoisotopic (exact) mass is 399 g/mol. The van der Waals surface area contributed by atoms with Gasteiger partial charge in [-0.1, -0.05) is 11.6 Å². The number of hydrogen-bond acceptors (Lipinski definition) is 4. The summed E-state index contributed by atoms with van der Waals surface area (Å²) in [5, 5.41) is 11.9. The van der Waals surface area contributed by atoms with Crippen molar-refractivity contribution in [3.8, 4) is 5.75 Å². The summed E-state index contributed by atoms with van der Waals surface area (Å²) in [7, 11) is 1.45. The Morgan fingerprint density at radius 1 is 1.52 bits per heavy atom. The summed E-state index contributed by atoms with van der Waals surface area (Å²) in [6, 6.07) is 2.26. The van der Waals surface area contributed by atoms with Crippen LogP contribution in [0.25, 0.3) is 10.9 Å². The minimum absolute atomic E-state index is 0.128. The first-order chi connectivity index (χ1) is 12.9. The van der Waals surface area contributed by atoms with E-state index in [4.69, 9.17) is 21.4 Å². The van der Waals surface area contributed by atoms with E-state index in [-0.39, 0.29) is 12.1 Å². The van der Waals surface area contributed by atoms with Gasteiger partial charge in [0.2, 0.25) is 0 Å². The van der Waals surface area contributed by atoms with Gasteiger partial charge >= 0.3 is 6.09 Å². The van der Waals surface area contributed by atoms with E-state index < -0.39 is 24.1 Å². The first-order valence-corrected chi connectivity index (χ1v) is 8.93. The number of benzene rings is 1. The highest BCUT2D eigenvalue weighted by Crippen LogP contribution is 2.30. The number of pyridine rings is 1. The number of piperidine rings is 1. The minimum Gasteiger partial charge on any atom is -0.497 e. The van der Waals surface area contributed by atoms with Crippen molar-refractivity contribution in [1.29, 1.82) is 0 Å². The van der Waals surface area contributed by atoms with Gasteiger partial charge in [-0.25, -0.2) is 13.6 Å². The lowest BCUT2D eigenvalue weighted by Crippen LogP contribution is -2.52. The van der Waals surface area contributed by atoms with Gasteiger partial charge in [-0.2, -0.15) is 0 Å². The molecular formula is C18H20ClF2N3O3. The maximum absolute atomic E-state index is 14.2. The Kier molecular flexibility index (Phi) is 5.96. The smallest absolute Gasteiger partial charge is 0.404 e. The highest BCUT2D eigenvalue weighted by atomic mass is 35.5. The largest absolute Gasteiger partial charge is 0.497 e. The molecule has 1 aliphatic heterocycles. The molecule has 3 rings (SSSR count). The first-order valence-electron chi connectivity index (χ1n) is 8.55. The first kappa shape index (κ1) is 19.6. The Hall–Kier alpha value is -2.19. The van der Waals surface area contributed by atoms with E-state index in [9.17, 15) is 13.6 Å². The Labute approximate surface area is 160 Å². The van der Waals surface area contributed by atoms with E-state index in [0.29, 0.717) is 42.1 Å². The molecule has 9 heteroatoms. The van der Waals surface area contributed by atoms with Crippen molar-refractivity contribution in [2.45, 2.75) is 25.1 Å². The third-order valence-corrected chi connectivity index (χ3v) is 5.13. The van der Waals surface area contributed by atoms with Gasteiger partial charge in [0.25, 0.3) is 0 Å². The van der Waals surface area contributed by atoms with Crippen molar-refractivity contribution in [3.05, 3.63) is 34.7 Å². The van der Waals surface area contributed by atoms with Gasteiger partial charge in [0.15, 0.2) is 5.82 Å². The minimum atomic E-state index is -1.28. The third kappa shape index (κ3) is 4.39. The van der Waals surface area contributed by atoms with Crippen LogP contribution in [-0.4, -0.2) is 60.0 Å². The zero-order valence-corrected chi connectivity index (χ0v) is 15.5. The van der Waals surface area contributed by atoms with Crippen molar-refractivity contribution in [3.63, 3.8) is 0 Å². The van der Waals surface area contributed by atoms with Crippen molar-refractivity contribution in [2.75, 3.05) is 26.7 Å². The molecule has 1 aliphatic rings. The van der Waals surface area contributed by atoms with Gasteiger partial charge in [-0.15, -0.1) is 0 Å². The van der Waals surface area contributed by atoms with E-state index in [1.165, 1.54) is 19.4 Å². The Morgan fingerprint density at radius 3 is 2.96 bits per heavy atom. The van der Waals surface area contributed by atoms with Crippen LogP contribution in [0.15, 0.2) is 18.3 Å². The molecule has 0 saturated carbocycles. The summed E-state index contributed by atoms with van der Waals surface area (Å²) in [6.45, 7) is 1.20. The van der Waals surface area contributed by atoms with Crippen LogP contribution in [0.4, 0.5) is 13.6 Å². The molecule has 1 saturated heterocycles. The Balaban J connectivity index is 1.75. The predicted octanol–water partition coefficient (Wildman–Crippen LogP) is 3.26. The van der Waals surface area contributed by atoms with Crippen LogP contribution in [0, 0.1) is 5.82 Å². The molecule has 2 atom stereocenters. The lowest BCUT2D eigenvalue weighted by molar-refractivity contribution is 0.101. The van der Waals surface area contributed by atoms with Gasteiger partial charge in [0.1, 0.15) is 17.4 Å². The van der Waals surface area contributed by atoms with Gasteiger partial charge in [0.05, 0.1) is 18.2 Å². The molecule has 1 aromatic carbocycles. The van der Waals surface area contributed by atoms with Gasteiger partial charge in [-0.05, 0) is 24.5 Å². The van der Waals surface area contributed by atoms with E-state index >= 15 is 0 Å². The molecule has 0 aliphatic carbocycles. The standard InChI is InChI=1S/C18H20ClF2N3O3/c1-27-10-6-12-11(13(19)8-22-17(12)14(20)7-10)2-4-24-5-3-16(15(21)9-24)23-18(25)26/h6-8,15-16,23H,2-5,9H2,1H3,(H,25,26). The van der Waals surface area contributed by atoms with Crippen LogP contribution >= 0.6 is 11.6 Å². The number of carboxylic acid groups (broad SMARTS) is 1. The van der Waals surface area contributed by atoms with Crippen molar-refractivity contribution < 1.29 is 23.4 Å². The van der Waals surface area contributed by atoms with Crippen LogP contribution in [0.2, 0.25) is 5.02 Å². The van der Waals surface area contributed by atoms with Crippen LogP contribution in [0.1, 0.15) is 12.0 Å². The number of alkyl halides is 1. The summed E-state index contributed by atoms with van der Waals surface area (Å²) in [4.78, 5) is 16.7. The van der Waals surface area contributed by atoms with Crippen molar-refractivity contribution >= 4 is 28.6 Å². The number of nitrogens with one attached hydrogen (secondary N) is 1. The zero-order valence-electron chi connectivity index (χ0n) is 14.7. The van der Waals surface area contributed by atoms with Gasteiger partial charge in [-0.3, -0.25) is 9.88 Å². The predicted molar refractivity (Wildman–Crippen MR) is 97.9 cm³/mol. The molecule has 1 aromatic heterocycles. The molecule has 27 heavy (non-hydrogen) atoms. The number of nitrogens with zero attached hydrogens (tertiary/aromatic N) is 2. The number of rotatable bonds is 5. The molecule has 0 bridgehead atoms. The fraction of sp³-hybridized carbons (Fsp3) is 0.444. The second kappa shape index (κ2) is 8.22. The van der Waals surface area contributed by atoms with Crippen LogP contribution in [0.5, 0.6) is 5.75 Å². The Bertz CT molecular complexity index is 852. The molecule has 0 spiro atoms. The van der Waals surface area contributed by atoms with E-state index in [2.05, 4.69) is 10.3 Å². The summed E-state index contributed by atoms with van der Waals surface area (Å²) in [6.07, 6.45) is -0.218. The van der Waals surface area contributed by atoms with Gasteiger partial charge in [0, 0.05) is 37.3 Å². The zero-order chi connectivity index (χ0) is 19.6. The molecule has 0 radical (unpaired) electrons. The highest BCUT2D eigenvalue weighted by Gasteiger charge is 2.30. The summed E-state index contributed by atoms with van der Waals surface area (Å²) >= 11 is 6.28. The van der Waals surface area contributed by atoms with Crippen LogP contribution in [-0.2, 0) is 6.42 Å². The fourth-order valence-electron chi connectivity index (χ4n) is 3.40. The number of carbonyl (C=O) groups is 1. The average molecular weight is 400 g/mol. The fourth-order valence-corrected chi connectivity index (χ4v) is 3.64. The lowest BCUT2D eigenvalue weighted by atomic mass is 10.0. The molecule has 146 valence electrons. The van der Waals surface area contributed by atoms with Crippen LogP contribution in [0.3, 0.4) is 0 Å². The van der Waals surface area contributed by atoms with Gasteiger partial charge < -0.3 is 15.2 Å². The highest BCUT2D eigenvalue weighted by molar-refractivity contribution is 6.32. The normalized spacial score (nSPS) is 20.6. The summed E-state index contributed by atoms with van der Waals surface area (Å²) in [5.41, 5.74) is 0.934. The molecule has 1 amide bonds. The SMILES string of the molecule is COc1cc(F)c2ncc(Cl)c(CCN3CCC(NC(=O)O)C(F)C3)c2c1. The third-order valence-electron chi connectivity index (χ3n) is 4.81. The maximum Gasteiger partial charge on any atom is 0.404 e. The summed E-state index contributed by atoms with van der Waals surface area (Å²) < 4.78 is 33.6. The maximum atomic E-state index is 14.2. The molecule has 2 N–H and O–H groups in total. The molecule has 1 fully saturated rings. The number of methoxy groups -OCH3 is 1. The number of ether oxygens (including phenoxy) is 1. The van der Waals surface area contributed by atoms with Crippen molar-refractivity contribution in [2.24, 2.45) is 0 Å². The van der Waals surface area contributed by atoms with E-state index in [1.54, 1.807) is 6.07 Å². The number of amides is 1. The molecule has 2 aromatic rings. The number of likely N-dealkylation sites (tertiary alicyclic amines) is 1. The van der Waals surface area contributed by atoms with E-state index in [1.807, 2.05) is 4.90 Å². The number of fused-ring (bicyclic) bond motifs is 1. The quantitative estimate of drug-likeness (QED) is 0.807.